The monoisotopic (exact) mass is 238 g/mol. The van der Waals surface area contributed by atoms with Crippen LogP contribution in [-0.4, -0.2) is 25.5 Å². The highest BCUT2D eigenvalue weighted by atomic mass is 35.5. The molecule has 1 saturated heterocycles. The van der Waals surface area contributed by atoms with E-state index in [1.165, 1.54) is 0 Å². The van der Waals surface area contributed by atoms with Crippen LogP contribution in [0, 0.1) is 13.8 Å². The maximum atomic E-state index is 11.8. The molecule has 16 heavy (non-hydrogen) atoms. The Morgan fingerprint density at radius 2 is 2.12 bits per heavy atom. The van der Waals surface area contributed by atoms with Crippen LogP contribution in [0.15, 0.2) is 12.1 Å². The first-order valence-corrected chi connectivity index (χ1v) is 5.75. The molecule has 0 spiro atoms. The maximum absolute atomic E-state index is 11.8. The molecule has 2 rings (SSSR count). The van der Waals surface area contributed by atoms with E-state index in [-0.39, 0.29) is 5.91 Å². The Morgan fingerprint density at radius 3 is 2.75 bits per heavy atom. The zero-order valence-corrected chi connectivity index (χ0v) is 10.3. The summed E-state index contributed by atoms with van der Waals surface area (Å²) in [5.74, 6) is 0.0834. The largest absolute Gasteiger partial charge is 0.308 e. The van der Waals surface area contributed by atoms with Crippen molar-refractivity contribution in [3.05, 3.63) is 28.3 Å². The Morgan fingerprint density at radius 1 is 1.38 bits per heavy atom. The summed E-state index contributed by atoms with van der Waals surface area (Å²) < 4.78 is 0. The van der Waals surface area contributed by atoms with E-state index in [4.69, 9.17) is 11.6 Å². The molecule has 1 N–H and O–H groups in total. The minimum atomic E-state index is 0.0834. The molecule has 0 aromatic heterocycles. The van der Waals surface area contributed by atoms with Gasteiger partial charge >= 0.3 is 0 Å². The summed E-state index contributed by atoms with van der Waals surface area (Å²) in [5.41, 5.74) is 3.04. The van der Waals surface area contributed by atoms with E-state index in [0.29, 0.717) is 18.1 Å². The van der Waals surface area contributed by atoms with Gasteiger partial charge < -0.3 is 10.2 Å². The first-order chi connectivity index (χ1) is 7.59. The number of amides is 1. The molecule has 1 amide bonds. The van der Waals surface area contributed by atoms with Gasteiger partial charge in [-0.3, -0.25) is 4.79 Å². The Bertz CT molecular complexity index is 408. The van der Waals surface area contributed by atoms with Gasteiger partial charge in [-0.2, -0.15) is 0 Å². The van der Waals surface area contributed by atoms with Crippen LogP contribution in [0.5, 0.6) is 0 Å². The van der Waals surface area contributed by atoms with E-state index in [0.717, 1.165) is 23.4 Å². The number of carbonyl (C=O) groups is 1. The summed E-state index contributed by atoms with van der Waals surface area (Å²) in [4.78, 5) is 13.6. The van der Waals surface area contributed by atoms with E-state index < -0.39 is 0 Å². The first-order valence-electron chi connectivity index (χ1n) is 5.37. The second kappa shape index (κ2) is 4.44. The number of rotatable bonds is 1. The fraction of sp³-hybridized carbons (Fsp3) is 0.417. The van der Waals surface area contributed by atoms with E-state index in [2.05, 4.69) is 11.4 Å². The summed E-state index contributed by atoms with van der Waals surface area (Å²) in [6, 6.07) is 3.95. The van der Waals surface area contributed by atoms with Crippen molar-refractivity contribution in [1.82, 2.24) is 5.32 Å². The topological polar surface area (TPSA) is 32.3 Å². The molecule has 86 valence electrons. The molecule has 4 heteroatoms. The van der Waals surface area contributed by atoms with Crippen LogP contribution in [0.1, 0.15) is 11.1 Å². The summed E-state index contributed by atoms with van der Waals surface area (Å²) in [6.45, 7) is 5.88. The number of hydrogen-bond donors (Lipinski definition) is 1. The Balaban J connectivity index is 2.42. The molecule has 1 aliphatic heterocycles. The first kappa shape index (κ1) is 11.4. The van der Waals surface area contributed by atoms with Crippen LogP contribution in [0.3, 0.4) is 0 Å². The number of nitrogens with one attached hydrogen (secondary N) is 1. The van der Waals surface area contributed by atoms with Crippen molar-refractivity contribution in [3.63, 3.8) is 0 Å². The number of piperazine rings is 1. The normalized spacial score (nSPS) is 16.7. The third-order valence-electron chi connectivity index (χ3n) is 2.76. The van der Waals surface area contributed by atoms with Gasteiger partial charge in [-0.05, 0) is 31.0 Å². The smallest absolute Gasteiger partial charge is 0.241 e. The van der Waals surface area contributed by atoms with Gasteiger partial charge in [0.2, 0.25) is 5.91 Å². The molecular formula is C12H15ClN2O. The number of aryl methyl sites for hydroxylation is 2. The number of hydrogen-bond acceptors (Lipinski definition) is 2. The predicted molar refractivity (Wildman–Crippen MR) is 66.1 cm³/mol. The molecule has 0 atom stereocenters. The molecule has 1 aromatic carbocycles. The number of nitrogens with zero attached hydrogens (tertiary/aromatic N) is 1. The van der Waals surface area contributed by atoms with Crippen molar-refractivity contribution in [3.8, 4) is 0 Å². The van der Waals surface area contributed by atoms with E-state index in [1.807, 2.05) is 19.9 Å². The van der Waals surface area contributed by atoms with Gasteiger partial charge in [-0.25, -0.2) is 0 Å². The third-order valence-corrected chi connectivity index (χ3v) is 3.05. The lowest BCUT2D eigenvalue weighted by Gasteiger charge is -2.29. The molecule has 1 aliphatic rings. The van der Waals surface area contributed by atoms with Gasteiger partial charge in [0.05, 0.1) is 17.3 Å². The van der Waals surface area contributed by atoms with Gasteiger partial charge in [0.15, 0.2) is 0 Å². The second-order valence-electron chi connectivity index (χ2n) is 4.13. The number of anilines is 1. The lowest BCUT2D eigenvalue weighted by Crippen LogP contribution is -2.48. The number of halogens is 1. The Labute approximate surface area is 100 Å². The van der Waals surface area contributed by atoms with Gasteiger partial charge in [-0.15, -0.1) is 0 Å². The van der Waals surface area contributed by atoms with Crippen LogP contribution in [0.4, 0.5) is 5.69 Å². The molecule has 1 fully saturated rings. The summed E-state index contributed by atoms with van der Waals surface area (Å²) >= 11 is 6.22. The Kier molecular flexibility index (Phi) is 3.17. The lowest BCUT2D eigenvalue weighted by molar-refractivity contribution is -0.118. The van der Waals surface area contributed by atoms with Crippen molar-refractivity contribution < 1.29 is 4.79 Å². The number of carbonyl (C=O) groups excluding carboxylic acids is 1. The van der Waals surface area contributed by atoms with Crippen LogP contribution in [0.25, 0.3) is 0 Å². The maximum Gasteiger partial charge on any atom is 0.241 e. The van der Waals surface area contributed by atoms with Crippen molar-refractivity contribution in [2.45, 2.75) is 13.8 Å². The van der Waals surface area contributed by atoms with Crippen LogP contribution in [0.2, 0.25) is 5.02 Å². The van der Waals surface area contributed by atoms with Crippen molar-refractivity contribution >= 4 is 23.2 Å². The molecule has 0 saturated carbocycles. The summed E-state index contributed by atoms with van der Waals surface area (Å²) in [6.07, 6.45) is 0. The standard InChI is InChI=1S/C12H15ClN2O/c1-8-5-9(2)12(10(13)6-8)15-4-3-14-7-11(15)16/h5-6,14H,3-4,7H2,1-2H3. The predicted octanol–water partition coefficient (Wildman–Crippen LogP) is 1.89. The van der Waals surface area contributed by atoms with Gasteiger partial charge in [0.1, 0.15) is 0 Å². The molecule has 0 unspecified atom stereocenters. The molecule has 0 radical (unpaired) electrons. The van der Waals surface area contributed by atoms with Crippen molar-refractivity contribution in [1.29, 1.82) is 0 Å². The molecule has 0 aliphatic carbocycles. The molecular weight excluding hydrogens is 224 g/mol. The third kappa shape index (κ3) is 2.06. The SMILES string of the molecule is Cc1cc(C)c(N2CCNCC2=O)c(Cl)c1. The fourth-order valence-electron chi connectivity index (χ4n) is 2.09. The van der Waals surface area contributed by atoms with E-state index in [9.17, 15) is 4.79 Å². The van der Waals surface area contributed by atoms with Crippen molar-refractivity contribution in [2.24, 2.45) is 0 Å². The van der Waals surface area contributed by atoms with Crippen LogP contribution in [-0.2, 0) is 4.79 Å². The molecule has 0 bridgehead atoms. The Hall–Kier alpha value is -1.06. The minimum Gasteiger partial charge on any atom is -0.308 e. The van der Waals surface area contributed by atoms with E-state index in [1.54, 1.807) is 4.90 Å². The van der Waals surface area contributed by atoms with Gasteiger partial charge in [0.25, 0.3) is 0 Å². The summed E-state index contributed by atoms with van der Waals surface area (Å²) in [5, 5.41) is 3.71. The molecule has 1 aromatic rings. The van der Waals surface area contributed by atoms with Gasteiger partial charge in [-0.1, -0.05) is 17.7 Å². The highest BCUT2D eigenvalue weighted by molar-refractivity contribution is 6.34. The van der Waals surface area contributed by atoms with Crippen LogP contribution < -0.4 is 10.2 Å². The average Bonchev–Trinajstić information content (AvgIpc) is 2.19. The lowest BCUT2D eigenvalue weighted by atomic mass is 10.1. The second-order valence-corrected chi connectivity index (χ2v) is 4.54. The minimum absolute atomic E-state index is 0.0834. The fourth-order valence-corrected chi connectivity index (χ4v) is 2.52. The average molecular weight is 239 g/mol. The summed E-state index contributed by atoms with van der Waals surface area (Å²) in [7, 11) is 0. The zero-order chi connectivity index (χ0) is 11.7. The highest BCUT2D eigenvalue weighted by Crippen LogP contribution is 2.31. The van der Waals surface area contributed by atoms with Crippen LogP contribution >= 0.6 is 11.6 Å². The van der Waals surface area contributed by atoms with Crippen molar-refractivity contribution in [2.75, 3.05) is 24.5 Å². The molecule has 1 heterocycles. The number of benzene rings is 1. The quantitative estimate of drug-likeness (QED) is 0.811. The van der Waals surface area contributed by atoms with Gasteiger partial charge in [0, 0.05) is 13.1 Å². The zero-order valence-electron chi connectivity index (χ0n) is 9.51. The highest BCUT2D eigenvalue weighted by Gasteiger charge is 2.22. The molecule has 3 nitrogen and oxygen atoms in total. The van der Waals surface area contributed by atoms with E-state index >= 15 is 0 Å².